The van der Waals surface area contributed by atoms with Gasteiger partial charge >= 0.3 is 0 Å². The molecule has 1 unspecified atom stereocenters. The van der Waals surface area contributed by atoms with Crippen LogP contribution >= 0.6 is 11.3 Å². The van der Waals surface area contributed by atoms with E-state index in [0.717, 1.165) is 35.4 Å². The second kappa shape index (κ2) is 6.35. The molecule has 0 aromatic carbocycles. The first-order valence-electron chi connectivity index (χ1n) is 8.73. The highest BCUT2D eigenvalue weighted by molar-refractivity contribution is 7.09. The van der Waals surface area contributed by atoms with Crippen molar-refractivity contribution in [2.75, 3.05) is 5.32 Å². The summed E-state index contributed by atoms with van der Waals surface area (Å²) in [6.45, 7) is 6.54. The molecule has 0 bridgehead atoms. The van der Waals surface area contributed by atoms with Crippen LogP contribution in [0.25, 0.3) is 0 Å². The number of carbonyl (C=O) groups is 1. The highest BCUT2D eigenvalue weighted by Gasteiger charge is 2.30. The smallest absolute Gasteiger partial charge is 0.276 e. The van der Waals surface area contributed by atoms with Gasteiger partial charge in [0.15, 0.2) is 5.69 Å². The lowest BCUT2D eigenvalue weighted by molar-refractivity contribution is 0.102. The van der Waals surface area contributed by atoms with Gasteiger partial charge in [-0.05, 0) is 31.6 Å². The Bertz CT molecular complexity index is 924. The van der Waals surface area contributed by atoms with Crippen LogP contribution in [0, 0.1) is 5.41 Å². The second-order valence-electron chi connectivity index (χ2n) is 7.61. The van der Waals surface area contributed by atoms with E-state index in [9.17, 15) is 4.79 Å². The van der Waals surface area contributed by atoms with E-state index < -0.39 is 0 Å². The number of nitrogens with zero attached hydrogens (tertiary/aromatic N) is 4. The molecule has 1 amide bonds. The number of fused-ring (bicyclic) bond motifs is 1. The Morgan fingerprint density at radius 3 is 3.04 bits per heavy atom. The third-order valence-corrected chi connectivity index (χ3v) is 5.94. The number of hydrogen-bond acceptors (Lipinski definition) is 5. The average Bonchev–Trinajstić information content (AvgIpc) is 3.33. The zero-order valence-corrected chi connectivity index (χ0v) is 15.9. The minimum absolute atomic E-state index is 0.0773. The van der Waals surface area contributed by atoms with Crippen molar-refractivity contribution in [1.29, 1.82) is 0 Å². The summed E-state index contributed by atoms with van der Waals surface area (Å²) in [5.41, 5.74) is 5.35. The van der Waals surface area contributed by atoms with Crippen LogP contribution in [0.5, 0.6) is 0 Å². The molecule has 3 heterocycles. The number of aromatic nitrogens is 5. The van der Waals surface area contributed by atoms with E-state index in [-0.39, 0.29) is 17.4 Å². The predicted molar refractivity (Wildman–Crippen MR) is 101 cm³/mol. The lowest BCUT2D eigenvalue weighted by Crippen LogP contribution is -2.23. The summed E-state index contributed by atoms with van der Waals surface area (Å²) in [7, 11) is 0. The molecule has 2 N–H and O–H groups in total. The van der Waals surface area contributed by atoms with E-state index in [0.29, 0.717) is 11.4 Å². The molecule has 1 aliphatic rings. The maximum absolute atomic E-state index is 12.7. The number of anilines is 1. The summed E-state index contributed by atoms with van der Waals surface area (Å²) in [6.07, 6.45) is 8.20. The van der Waals surface area contributed by atoms with Gasteiger partial charge in [0.1, 0.15) is 0 Å². The van der Waals surface area contributed by atoms with Crippen molar-refractivity contribution in [3.05, 3.63) is 45.9 Å². The molecular weight excluding hydrogens is 348 g/mol. The van der Waals surface area contributed by atoms with E-state index in [1.165, 1.54) is 0 Å². The Morgan fingerprint density at radius 1 is 1.42 bits per heavy atom. The molecular formula is C18H22N6OS. The quantitative estimate of drug-likeness (QED) is 0.736. The Morgan fingerprint density at radius 2 is 2.27 bits per heavy atom. The first-order chi connectivity index (χ1) is 12.4. The largest absolute Gasteiger partial charge is 0.318 e. The number of carbonyl (C=O) groups excluding carboxylic acids is 1. The first-order valence-corrected chi connectivity index (χ1v) is 9.61. The number of aromatic amines is 1. The average molecular weight is 370 g/mol. The molecule has 0 saturated heterocycles. The molecule has 0 spiro atoms. The number of thiazole rings is 1. The second-order valence-corrected chi connectivity index (χ2v) is 8.53. The number of amides is 1. The summed E-state index contributed by atoms with van der Waals surface area (Å²) < 4.78 is 1.83. The van der Waals surface area contributed by atoms with Gasteiger partial charge in [0, 0.05) is 28.5 Å². The molecule has 136 valence electrons. The molecule has 3 aromatic heterocycles. The van der Waals surface area contributed by atoms with Crippen LogP contribution in [0.2, 0.25) is 0 Å². The van der Waals surface area contributed by atoms with Crippen molar-refractivity contribution in [3.63, 3.8) is 0 Å². The minimum atomic E-state index is -0.188. The molecule has 4 rings (SSSR count). The van der Waals surface area contributed by atoms with Crippen molar-refractivity contribution in [1.82, 2.24) is 25.0 Å². The topological polar surface area (TPSA) is 88.5 Å². The molecule has 3 aromatic rings. The highest BCUT2D eigenvalue weighted by atomic mass is 32.1. The van der Waals surface area contributed by atoms with E-state index >= 15 is 0 Å². The molecule has 0 radical (unpaired) electrons. The van der Waals surface area contributed by atoms with Crippen molar-refractivity contribution in [2.45, 2.75) is 46.1 Å². The molecule has 0 fully saturated rings. The molecule has 1 aliphatic carbocycles. The van der Waals surface area contributed by atoms with Crippen LogP contribution < -0.4 is 5.32 Å². The zero-order chi connectivity index (χ0) is 18.3. The number of rotatable bonds is 4. The van der Waals surface area contributed by atoms with E-state index in [1.807, 2.05) is 17.1 Å². The van der Waals surface area contributed by atoms with E-state index in [2.05, 4.69) is 46.4 Å². The van der Waals surface area contributed by atoms with Gasteiger partial charge in [-0.15, -0.1) is 11.3 Å². The zero-order valence-electron chi connectivity index (χ0n) is 15.1. The molecule has 0 aliphatic heterocycles. The van der Waals surface area contributed by atoms with Crippen LogP contribution in [-0.2, 0) is 12.8 Å². The van der Waals surface area contributed by atoms with Crippen molar-refractivity contribution < 1.29 is 4.79 Å². The molecule has 8 heteroatoms. The van der Waals surface area contributed by atoms with Gasteiger partial charge in [0.2, 0.25) is 0 Å². The fraction of sp³-hybridized carbons (Fsp3) is 0.444. The SMILES string of the molecule is CC(c1cncs1)n1cc(NC(=O)c2n[nH]c3c2CCC(C)(C)C3)cn1. The van der Waals surface area contributed by atoms with Crippen LogP contribution in [-0.4, -0.2) is 30.9 Å². The lowest BCUT2D eigenvalue weighted by atomic mass is 9.76. The van der Waals surface area contributed by atoms with Gasteiger partial charge in [0.25, 0.3) is 5.91 Å². The van der Waals surface area contributed by atoms with Crippen LogP contribution in [0.3, 0.4) is 0 Å². The van der Waals surface area contributed by atoms with E-state index in [4.69, 9.17) is 0 Å². The van der Waals surface area contributed by atoms with Gasteiger partial charge < -0.3 is 5.32 Å². The summed E-state index contributed by atoms with van der Waals surface area (Å²) in [4.78, 5) is 17.9. The van der Waals surface area contributed by atoms with Crippen LogP contribution in [0.15, 0.2) is 24.1 Å². The Hall–Kier alpha value is -2.48. The standard InChI is InChI=1S/C18H22N6OS/c1-11(15-8-19-10-26-15)24-9-12(7-20-24)21-17(25)16-13-4-5-18(2,3)6-14(13)22-23-16/h7-11H,4-6H2,1-3H3,(H,21,25)(H,22,23). The summed E-state index contributed by atoms with van der Waals surface area (Å²) in [5.74, 6) is -0.188. The maximum Gasteiger partial charge on any atom is 0.276 e. The normalized spacial score (nSPS) is 16.9. The molecule has 1 atom stereocenters. The van der Waals surface area contributed by atoms with Crippen molar-refractivity contribution in [3.8, 4) is 0 Å². The van der Waals surface area contributed by atoms with Gasteiger partial charge in [-0.3, -0.25) is 19.6 Å². The fourth-order valence-corrected chi connectivity index (χ4v) is 4.07. The third-order valence-electron chi connectivity index (χ3n) is 4.99. The molecule has 7 nitrogen and oxygen atoms in total. The predicted octanol–water partition coefficient (Wildman–Crippen LogP) is 3.44. The van der Waals surface area contributed by atoms with Gasteiger partial charge in [-0.2, -0.15) is 10.2 Å². The van der Waals surface area contributed by atoms with Gasteiger partial charge in [-0.25, -0.2) is 0 Å². The fourth-order valence-electron chi connectivity index (χ4n) is 3.40. The monoisotopic (exact) mass is 370 g/mol. The summed E-state index contributed by atoms with van der Waals surface area (Å²) in [6, 6.07) is 0.0773. The van der Waals surface area contributed by atoms with Crippen LogP contribution in [0.4, 0.5) is 5.69 Å². The van der Waals surface area contributed by atoms with E-state index in [1.54, 1.807) is 23.0 Å². The van der Waals surface area contributed by atoms with Gasteiger partial charge in [0.05, 0.1) is 23.4 Å². The highest BCUT2D eigenvalue weighted by Crippen LogP contribution is 2.35. The molecule has 0 saturated carbocycles. The summed E-state index contributed by atoms with van der Waals surface area (Å²) in [5, 5.41) is 14.6. The number of H-pyrrole nitrogens is 1. The number of hydrogen-bond donors (Lipinski definition) is 2. The summed E-state index contributed by atoms with van der Waals surface area (Å²) >= 11 is 1.59. The molecule has 26 heavy (non-hydrogen) atoms. The Balaban J connectivity index is 1.49. The third kappa shape index (κ3) is 3.16. The Labute approximate surface area is 155 Å². The van der Waals surface area contributed by atoms with Crippen molar-refractivity contribution in [2.24, 2.45) is 5.41 Å². The minimum Gasteiger partial charge on any atom is -0.318 e. The van der Waals surface area contributed by atoms with Crippen molar-refractivity contribution >= 4 is 22.9 Å². The number of nitrogens with one attached hydrogen (secondary N) is 2. The Kier molecular flexibility index (Phi) is 4.14. The van der Waals surface area contributed by atoms with Crippen LogP contribution in [0.1, 0.15) is 59.9 Å². The van der Waals surface area contributed by atoms with Gasteiger partial charge in [-0.1, -0.05) is 13.8 Å². The lowest BCUT2D eigenvalue weighted by Gasteiger charge is -2.28. The first kappa shape index (κ1) is 17.0. The maximum atomic E-state index is 12.7.